The summed E-state index contributed by atoms with van der Waals surface area (Å²) in [7, 11) is 3.53. The lowest BCUT2D eigenvalue weighted by atomic mass is 10.2. The van der Waals surface area contributed by atoms with Crippen LogP contribution in [-0.4, -0.2) is 34.3 Å². The molecule has 1 aromatic heterocycles. The number of ether oxygens (including phenoxy) is 1. The third-order valence-corrected chi connectivity index (χ3v) is 5.49. The average Bonchev–Trinajstić information content (AvgIpc) is 3.06. The zero-order valence-electron chi connectivity index (χ0n) is 15.7. The van der Waals surface area contributed by atoms with Crippen molar-refractivity contribution in [1.29, 1.82) is 0 Å². The van der Waals surface area contributed by atoms with Crippen LogP contribution in [0.1, 0.15) is 21.7 Å². The Hall–Kier alpha value is -2.51. The highest BCUT2D eigenvalue weighted by atomic mass is 35.5. The van der Waals surface area contributed by atoms with Gasteiger partial charge in [0.2, 0.25) is 0 Å². The molecule has 3 aromatic rings. The van der Waals surface area contributed by atoms with Crippen molar-refractivity contribution in [1.82, 2.24) is 20.1 Å². The molecule has 0 atom stereocenters. The summed E-state index contributed by atoms with van der Waals surface area (Å²) in [6, 6.07) is 14.8. The summed E-state index contributed by atoms with van der Waals surface area (Å²) in [6.45, 7) is 0.482. The van der Waals surface area contributed by atoms with Crippen molar-refractivity contribution < 1.29 is 9.53 Å². The van der Waals surface area contributed by atoms with E-state index in [2.05, 4.69) is 15.5 Å². The molecule has 1 amide bonds. The molecule has 2 aromatic carbocycles. The van der Waals surface area contributed by atoms with Gasteiger partial charge < -0.3 is 14.6 Å². The van der Waals surface area contributed by atoms with Crippen LogP contribution in [0, 0.1) is 0 Å². The number of aromatic nitrogens is 3. The van der Waals surface area contributed by atoms with E-state index in [1.165, 1.54) is 0 Å². The van der Waals surface area contributed by atoms with E-state index in [0.717, 1.165) is 33.1 Å². The fourth-order valence-electron chi connectivity index (χ4n) is 2.60. The van der Waals surface area contributed by atoms with E-state index in [9.17, 15) is 4.79 Å². The molecule has 28 heavy (non-hydrogen) atoms. The molecular weight excluding hydrogens is 396 g/mol. The highest BCUT2D eigenvalue weighted by Crippen LogP contribution is 2.22. The molecule has 0 saturated carbocycles. The number of nitrogens with one attached hydrogen (secondary N) is 1. The van der Waals surface area contributed by atoms with Gasteiger partial charge >= 0.3 is 0 Å². The fourth-order valence-corrected chi connectivity index (χ4v) is 3.68. The lowest BCUT2D eigenvalue weighted by molar-refractivity contribution is 0.0954. The minimum Gasteiger partial charge on any atom is -0.497 e. The monoisotopic (exact) mass is 416 g/mol. The van der Waals surface area contributed by atoms with E-state index >= 15 is 0 Å². The second-order valence-electron chi connectivity index (χ2n) is 6.11. The van der Waals surface area contributed by atoms with Gasteiger partial charge in [0.05, 0.1) is 7.11 Å². The Balaban J connectivity index is 1.50. The van der Waals surface area contributed by atoms with Crippen LogP contribution in [0.2, 0.25) is 5.02 Å². The number of benzene rings is 2. The first-order valence-electron chi connectivity index (χ1n) is 8.74. The van der Waals surface area contributed by atoms with Gasteiger partial charge in [-0.05, 0) is 42.0 Å². The number of amides is 1. The van der Waals surface area contributed by atoms with Gasteiger partial charge in [-0.25, -0.2) is 0 Å². The number of hydrogen-bond acceptors (Lipinski definition) is 5. The van der Waals surface area contributed by atoms with Gasteiger partial charge in [-0.1, -0.05) is 35.5 Å². The summed E-state index contributed by atoms with van der Waals surface area (Å²) < 4.78 is 7.05. The smallest absolute Gasteiger partial charge is 0.251 e. The average molecular weight is 417 g/mol. The van der Waals surface area contributed by atoms with Gasteiger partial charge in [0.15, 0.2) is 5.16 Å². The lowest BCUT2D eigenvalue weighted by Crippen LogP contribution is -2.26. The predicted octanol–water partition coefficient (Wildman–Crippen LogP) is 3.74. The molecule has 0 aliphatic carbocycles. The topological polar surface area (TPSA) is 69.0 Å². The first-order chi connectivity index (χ1) is 13.6. The van der Waals surface area contributed by atoms with Gasteiger partial charge in [-0.15, -0.1) is 10.2 Å². The molecule has 0 radical (unpaired) electrons. The van der Waals surface area contributed by atoms with Crippen molar-refractivity contribution in [3.8, 4) is 5.75 Å². The maximum Gasteiger partial charge on any atom is 0.251 e. The van der Waals surface area contributed by atoms with Crippen molar-refractivity contribution in [3.63, 3.8) is 0 Å². The quantitative estimate of drug-likeness (QED) is 0.566. The molecular formula is C20H21ClN4O2S. The SMILES string of the molecule is COc1ccc(C(=O)NCCc2nnc(SCc3cccc(Cl)c3)n2C)cc1. The molecule has 1 heterocycles. The number of halogens is 1. The first kappa shape index (κ1) is 20.2. The Morgan fingerprint density at radius 2 is 2.00 bits per heavy atom. The maximum atomic E-state index is 12.2. The third kappa shape index (κ3) is 5.27. The predicted molar refractivity (Wildman–Crippen MR) is 111 cm³/mol. The molecule has 0 aliphatic rings. The van der Waals surface area contributed by atoms with Crippen LogP contribution >= 0.6 is 23.4 Å². The van der Waals surface area contributed by atoms with Crippen molar-refractivity contribution >= 4 is 29.3 Å². The van der Waals surface area contributed by atoms with Gasteiger partial charge in [-0.3, -0.25) is 4.79 Å². The zero-order valence-corrected chi connectivity index (χ0v) is 17.3. The Labute approximate surface area is 173 Å². The van der Waals surface area contributed by atoms with Crippen LogP contribution in [0.3, 0.4) is 0 Å². The van der Waals surface area contributed by atoms with E-state index in [-0.39, 0.29) is 5.91 Å². The standard InChI is InChI=1S/C20H21ClN4O2S/c1-25-18(10-11-22-19(26)15-6-8-17(27-2)9-7-15)23-24-20(25)28-13-14-4-3-5-16(21)12-14/h3-9,12H,10-11,13H2,1-2H3,(H,22,26). The van der Waals surface area contributed by atoms with Crippen LogP contribution < -0.4 is 10.1 Å². The van der Waals surface area contributed by atoms with Crippen LogP contribution in [0.4, 0.5) is 0 Å². The van der Waals surface area contributed by atoms with Crippen molar-refractivity contribution in [2.45, 2.75) is 17.3 Å². The van der Waals surface area contributed by atoms with Crippen molar-refractivity contribution in [2.24, 2.45) is 7.05 Å². The molecule has 0 unspecified atom stereocenters. The Kier molecular flexibility index (Phi) is 6.95. The molecule has 6 nitrogen and oxygen atoms in total. The van der Waals surface area contributed by atoms with Crippen LogP contribution in [0.5, 0.6) is 5.75 Å². The highest BCUT2D eigenvalue weighted by Gasteiger charge is 2.11. The van der Waals surface area contributed by atoms with Crippen LogP contribution in [0.25, 0.3) is 0 Å². The van der Waals surface area contributed by atoms with Crippen molar-refractivity contribution in [3.05, 3.63) is 70.5 Å². The van der Waals surface area contributed by atoms with Gasteiger partial charge in [0, 0.05) is 36.4 Å². The molecule has 3 rings (SSSR count). The maximum absolute atomic E-state index is 12.2. The van der Waals surface area contributed by atoms with E-state index in [0.29, 0.717) is 18.5 Å². The minimum atomic E-state index is -0.125. The second kappa shape index (κ2) is 9.61. The van der Waals surface area contributed by atoms with E-state index in [4.69, 9.17) is 16.3 Å². The number of carbonyl (C=O) groups excluding carboxylic acids is 1. The molecule has 0 fully saturated rings. The number of carbonyl (C=O) groups is 1. The fraction of sp³-hybridized carbons (Fsp3) is 0.250. The Morgan fingerprint density at radius 1 is 1.21 bits per heavy atom. The summed E-state index contributed by atoms with van der Waals surface area (Å²) >= 11 is 7.62. The van der Waals surface area contributed by atoms with E-state index in [1.54, 1.807) is 43.1 Å². The van der Waals surface area contributed by atoms with E-state index in [1.807, 2.05) is 35.9 Å². The normalized spacial score (nSPS) is 10.7. The molecule has 146 valence electrons. The minimum absolute atomic E-state index is 0.125. The van der Waals surface area contributed by atoms with Crippen LogP contribution in [-0.2, 0) is 19.2 Å². The number of rotatable bonds is 8. The van der Waals surface area contributed by atoms with Gasteiger partial charge in [0.25, 0.3) is 5.91 Å². The molecule has 0 bridgehead atoms. The molecule has 0 saturated heterocycles. The summed E-state index contributed by atoms with van der Waals surface area (Å²) in [5.74, 6) is 2.18. The number of thioether (sulfide) groups is 1. The molecule has 0 aliphatic heterocycles. The first-order valence-corrected chi connectivity index (χ1v) is 10.1. The molecule has 0 spiro atoms. The van der Waals surface area contributed by atoms with E-state index < -0.39 is 0 Å². The molecule has 1 N–H and O–H groups in total. The van der Waals surface area contributed by atoms with Gasteiger partial charge in [0.1, 0.15) is 11.6 Å². The lowest BCUT2D eigenvalue weighted by Gasteiger charge is -2.07. The highest BCUT2D eigenvalue weighted by molar-refractivity contribution is 7.98. The summed E-state index contributed by atoms with van der Waals surface area (Å²) in [5.41, 5.74) is 1.73. The third-order valence-electron chi connectivity index (χ3n) is 4.17. The molecule has 8 heteroatoms. The largest absolute Gasteiger partial charge is 0.497 e. The number of hydrogen-bond donors (Lipinski definition) is 1. The summed E-state index contributed by atoms with van der Waals surface area (Å²) in [6.07, 6.45) is 0.600. The summed E-state index contributed by atoms with van der Waals surface area (Å²) in [4.78, 5) is 12.2. The van der Waals surface area contributed by atoms with Crippen LogP contribution in [0.15, 0.2) is 53.7 Å². The second-order valence-corrected chi connectivity index (χ2v) is 7.49. The number of nitrogens with zero attached hydrogens (tertiary/aromatic N) is 3. The van der Waals surface area contributed by atoms with Gasteiger partial charge in [-0.2, -0.15) is 0 Å². The number of methoxy groups -OCH3 is 1. The van der Waals surface area contributed by atoms with Crippen molar-refractivity contribution in [2.75, 3.05) is 13.7 Å². The summed E-state index contributed by atoms with van der Waals surface area (Å²) in [5, 5.41) is 12.9. The Morgan fingerprint density at radius 3 is 2.71 bits per heavy atom. The zero-order chi connectivity index (χ0) is 19.9. The Bertz CT molecular complexity index is 944.